The van der Waals surface area contributed by atoms with E-state index in [9.17, 15) is 10.1 Å². The molecule has 2 unspecified atom stereocenters. The molecule has 2 atom stereocenters. The molecule has 0 radical (unpaired) electrons. The Morgan fingerprint density at radius 1 is 1.48 bits per heavy atom. The topological polar surface area (TPSA) is 73.6 Å². The Labute approximate surface area is 124 Å². The van der Waals surface area contributed by atoms with E-state index in [2.05, 4.69) is 19.2 Å². The summed E-state index contributed by atoms with van der Waals surface area (Å²) in [5.41, 5.74) is 0.503. The summed E-state index contributed by atoms with van der Waals surface area (Å²) in [6, 6.07) is 5.01. The Hall–Kier alpha value is -1.82. The fourth-order valence-corrected chi connectivity index (χ4v) is 2.71. The highest BCUT2D eigenvalue weighted by atomic mass is 16.6. The van der Waals surface area contributed by atoms with E-state index in [-0.39, 0.29) is 23.2 Å². The summed E-state index contributed by atoms with van der Waals surface area (Å²) in [6.45, 7) is 6.89. The van der Waals surface area contributed by atoms with Crippen molar-refractivity contribution in [3.63, 3.8) is 0 Å². The molecule has 1 fully saturated rings. The van der Waals surface area contributed by atoms with E-state index in [0.29, 0.717) is 18.0 Å². The monoisotopic (exact) mass is 294 g/mol. The summed E-state index contributed by atoms with van der Waals surface area (Å²) in [6.07, 6.45) is 1.04. The van der Waals surface area contributed by atoms with Gasteiger partial charge in [-0.2, -0.15) is 0 Å². The molecule has 2 rings (SSSR count). The molecule has 0 aromatic heterocycles. The van der Waals surface area contributed by atoms with Gasteiger partial charge in [0.15, 0.2) is 0 Å². The van der Waals surface area contributed by atoms with Crippen LogP contribution >= 0.6 is 0 Å². The molecule has 0 spiro atoms. The van der Waals surface area contributed by atoms with Crippen LogP contribution in [-0.2, 0) is 4.74 Å². The van der Waals surface area contributed by atoms with Gasteiger partial charge in [-0.05, 0) is 25.5 Å². The quantitative estimate of drug-likeness (QED) is 0.644. The lowest BCUT2D eigenvalue weighted by Crippen LogP contribution is -2.58. The first kappa shape index (κ1) is 15.6. The summed E-state index contributed by atoms with van der Waals surface area (Å²) >= 11 is 0. The zero-order valence-corrected chi connectivity index (χ0v) is 12.9. The Kier molecular flexibility index (Phi) is 4.37. The average Bonchev–Trinajstić information content (AvgIpc) is 2.46. The number of nitrogens with one attached hydrogen (secondary N) is 1. The van der Waals surface area contributed by atoms with Gasteiger partial charge >= 0.3 is 0 Å². The van der Waals surface area contributed by atoms with Crippen LogP contribution in [0.3, 0.4) is 0 Å². The summed E-state index contributed by atoms with van der Waals surface area (Å²) in [4.78, 5) is 10.8. The fraction of sp³-hybridized carbons (Fsp3) is 0.600. The summed E-state index contributed by atoms with van der Waals surface area (Å²) in [5, 5.41) is 14.5. The highest BCUT2D eigenvalue weighted by molar-refractivity contribution is 5.64. The maximum Gasteiger partial charge on any atom is 0.296 e. The first-order valence-corrected chi connectivity index (χ1v) is 7.10. The molecule has 1 aromatic carbocycles. The van der Waals surface area contributed by atoms with Crippen LogP contribution in [-0.4, -0.2) is 30.8 Å². The molecule has 0 saturated heterocycles. The number of nitrogens with zero attached hydrogens (tertiary/aromatic N) is 1. The summed E-state index contributed by atoms with van der Waals surface area (Å²) in [5.74, 6) is 0.479. The molecule has 6 heteroatoms. The van der Waals surface area contributed by atoms with Gasteiger partial charge in [0, 0.05) is 18.1 Å². The fourth-order valence-electron chi connectivity index (χ4n) is 2.71. The Bertz CT molecular complexity index is 530. The molecule has 0 aliphatic heterocycles. The number of methoxy groups -OCH3 is 1. The molecule has 116 valence electrons. The highest BCUT2D eigenvalue weighted by Gasteiger charge is 2.49. The second-order valence-electron chi connectivity index (χ2n) is 5.84. The lowest BCUT2D eigenvalue weighted by molar-refractivity contribution is -0.384. The zero-order valence-electron chi connectivity index (χ0n) is 12.9. The number of anilines is 1. The van der Waals surface area contributed by atoms with Crippen molar-refractivity contribution in [1.29, 1.82) is 0 Å². The van der Waals surface area contributed by atoms with Gasteiger partial charge in [0.25, 0.3) is 5.69 Å². The van der Waals surface area contributed by atoms with Gasteiger partial charge in [0.2, 0.25) is 0 Å². The molecule has 21 heavy (non-hydrogen) atoms. The first-order chi connectivity index (χ1) is 9.90. The predicted molar refractivity (Wildman–Crippen MR) is 80.9 cm³/mol. The third-order valence-corrected chi connectivity index (χ3v) is 4.28. The number of nitro benzene ring substituents is 1. The van der Waals surface area contributed by atoms with E-state index in [1.54, 1.807) is 12.1 Å². The van der Waals surface area contributed by atoms with Crippen molar-refractivity contribution in [2.24, 2.45) is 5.41 Å². The molecule has 0 heterocycles. The van der Waals surface area contributed by atoms with E-state index in [0.717, 1.165) is 6.42 Å². The van der Waals surface area contributed by atoms with Crippen molar-refractivity contribution in [2.75, 3.05) is 19.0 Å². The normalized spacial score (nSPS) is 23.2. The van der Waals surface area contributed by atoms with E-state index in [4.69, 9.17) is 9.47 Å². The maximum absolute atomic E-state index is 11.2. The van der Waals surface area contributed by atoms with E-state index >= 15 is 0 Å². The van der Waals surface area contributed by atoms with E-state index in [1.165, 1.54) is 13.2 Å². The number of benzene rings is 1. The molecule has 1 N–H and O–H groups in total. The molecule has 1 aromatic rings. The van der Waals surface area contributed by atoms with Gasteiger partial charge in [-0.25, -0.2) is 0 Å². The van der Waals surface area contributed by atoms with E-state index in [1.807, 2.05) is 6.92 Å². The average molecular weight is 294 g/mol. The number of nitro groups is 1. The Morgan fingerprint density at radius 3 is 2.71 bits per heavy atom. The van der Waals surface area contributed by atoms with Crippen molar-refractivity contribution in [3.05, 3.63) is 28.3 Å². The van der Waals surface area contributed by atoms with Gasteiger partial charge in [0.05, 0.1) is 24.2 Å². The summed E-state index contributed by atoms with van der Waals surface area (Å²) in [7, 11) is 1.49. The van der Waals surface area contributed by atoms with Crippen LogP contribution in [0.1, 0.15) is 27.2 Å². The smallest absolute Gasteiger partial charge is 0.296 e. The number of rotatable bonds is 6. The van der Waals surface area contributed by atoms with Crippen LogP contribution in [0.4, 0.5) is 11.4 Å². The Morgan fingerprint density at radius 2 is 2.19 bits per heavy atom. The van der Waals surface area contributed by atoms with Crippen molar-refractivity contribution in [3.8, 4) is 5.75 Å². The van der Waals surface area contributed by atoms with Crippen molar-refractivity contribution in [1.82, 2.24) is 0 Å². The van der Waals surface area contributed by atoms with Crippen molar-refractivity contribution in [2.45, 2.75) is 39.3 Å². The molecule has 0 amide bonds. The van der Waals surface area contributed by atoms with E-state index < -0.39 is 4.92 Å². The predicted octanol–water partition coefficient (Wildman–Crippen LogP) is 3.22. The minimum Gasteiger partial charge on any atom is -0.496 e. The van der Waals surface area contributed by atoms with Gasteiger partial charge in [-0.3, -0.25) is 10.1 Å². The minimum absolute atomic E-state index is 0.0324. The summed E-state index contributed by atoms with van der Waals surface area (Å²) < 4.78 is 10.7. The van der Waals surface area contributed by atoms with Crippen molar-refractivity contribution >= 4 is 11.4 Å². The largest absolute Gasteiger partial charge is 0.496 e. The van der Waals surface area contributed by atoms with Gasteiger partial charge in [0.1, 0.15) is 11.4 Å². The maximum atomic E-state index is 11.2. The standard InChI is InChI=1S/C15H22N2O4/c1-5-21-14-9-13(15(14,2)3)16-11-7-6-10(20-4)8-12(11)17(18)19/h6-8,13-14,16H,5,9H2,1-4H3. The van der Waals surface area contributed by atoms with Crippen LogP contribution in [0, 0.1) is 15.5 Å². The lowest BCUT2D eigenvalue weighted by atomic mass is 9.64. The Balaban J connectivity index is 2.16. The second-order valence-corrected chi connectivity index (χ2v) is 5.84. The molecule has 1 aliphatic carbocycles. The van der Waals surface area contributed by atoms with Crippen LogP contribution in [0.15, 0.2) is 18.2 Å². The van der Waals surface area contributed by atoms with Crippen LogP contribution in [0.5, 0.6) is 5.75 Å². The molecule has 0 bridgehead atoms. The molecule has 1 saturated carbocycles. The van der Waals surface area contributed by atoms with Gasteiger partial charge < -0.3 is 14.8 Å². The van der Waals surface area contributed by atoms with Gasteiger partial charge in [-0.15, -0.1) is 0 Å². The van der Waals surface area contributed by atoms with Crippen molar-refractivity contribution < 1.29 is 14.4 Å². The molecule has 1 aliphatic rings. The number of ether oxygens (including phenoxy) is 2. The molecular formula is C15H22N2O4. The molecular weight excluding hydrogens is 272 g/mol. The van der Waals surface area contributed by atoms with Gasteiger partial charge in [-0.1, -0.05) is 13.8 Å². The minimum atomic E-state index is -0.392. The zero-order chi connectivity index (χ0) is 15.6. The first-order valence-electron chi connectivity index (χ1n) is 7.10. The van der Waals surface area contributed by atoms with Crippen LogP contribution in [0.25, 0.3) is 0 Å². The van der Waals surface area contributed by atoms with Crippen LogP contribution in [0.2, 0.25) is 0 Å². The molecule has 6 nitrogen and oxygen atoms in total. The SMILES string of the molecule is CCOC1CC(Nc2ccc(OC)cc2[N+](=O)[O-])C1(C)C. The highest BCUT2D eigenvalue weighted by Crippen LogP contribution is 2.45. The number of hydrogen-bond donors (Lipinski definition) is 1. The third kappa shape index (κ3) is 2.95. The lowest BCUT2D eigenvalue weighted by Gasteiger charge is -2.51. The third-order valence-electron chi connectivity index (χ3n) is 4.28. The van der Waals surface area contributed by atoms with Crippen LogP contribution < -0.4 is 10.1 Å². The number of hydrogen-bond acceptors (Lipinski definition) is 5. The second kappa shape index (κ2) is 5.89.